The van der Waals surface area contributed by atoms with Crippen molar-refractivity contribution in [3.05, 3.63) is 29.6 Å². The van der Waals surface area contributed by atoms with Crippen LogP contribution in [0.5, 0.6) is 0 Å². The zero-order valence-electron chi connectivity index (χ0n) is 6.86. The predicted molar refractivity (Wildman–Crippen MR) is 53.2 cm³/mol. The maximum atomic E-state index is 10.9. The quantitative estimate of drug-likeness (QED) is 0.665. The van der Waals surface area contributed by atoms with Gasteiger partial charge in [0.25, 0.3) is 5.91 Å². The van der Waals surface area contributed by atoms with E-state index in [-0.39, 0.29) is 0 Å². The molecule has 13 heavy (non-hydrogen) atoms. The van der Waals surface area contributed by atoms with E-state index in [9.17, 15) is 4.79 Å². The summed E-state index contributed by atoms with van der Waals surface area (Å²) < 4.78 is 0. The summed E-state index contributed by atoms with van der Waals surface area (Å²) in [6.07, 6.45) is 1.87. The molecule has 1 aromatic heterocycles. The highest BCUT2D eigenvalue weighted by atomic mass is 32.1. The average molecular weight is 195 g/mol. The molecule has 4 nitrogen and oxygen atoms in total. The zero-order valence-corrected chi connectivity index (χ0v) is 7.67. The lowest BCUT2D eigenvalue weighted by Crippen LogP contribution is -2.19. The third kappa shape index (κ3) is 2.48. The molecule has 1 heterocycles. The van der Waals surface area contributed by atoms with Gasteiger partial charge in [0.15, 0.2) is 0 Å². The molecule has 0 aliphatic rings. The Bertz CT molecular complexity index is 351. The standard InChI is InChI=1S/C8H9N3OS/c9-7(13)4-6-5(8(10)12)2-1-3-11-6/h1-3H,4H2,(H2,9,13)(H2,10,12). The lowest BCUT2D eigenvalue weighted by atomic mass is 10.1. The van der Waals surface area contributed by atoms with E-state index in [0.717, 1.165) is 0 Å². The molecule has 5 heteroatoms. The van der Waals surface area contributed by atoms with Crippen molar-refractivity contribution < 1.29 is 4.79 Å². The second kappa shape index (κ2) is 3.95. The van der Waals surface area contributed by atoms with Crippen LogP contribution in [-0.4, -0.2) is 15.9 Å². The molecule has 0 saturated carbocycles. The maximum absolute atomic E-state index is 10.9. The average Bonchev–Trinajstić information content (AvgIpc) is 2.03. The van der Waals surface area contributed by atoms with Crippen molar-refractivity contribution in [1.29, 1.82) is 0 Å². The van der Waals surface area contributed by atoms with Crippen LogP contribution in [0.2, 0.25) is 0 Å². The number of hydrogen-bond acceptors (Lipinski definition) is 3. The minimum Gasteiger partial charge on any atom is -0.393 e. The van der Waals surface area contributed by atoms with Crippen molar-refractivity contribution >= 4 is 23.1 Å². The monoisotopic (exact) mass is 195 g/mol. The van der Waals surface area contributed by atoms with Gasteiger partial charge in [0.05, 0.1) is 16.2 Å². The highest BCUT2D eigenvalue weighted by Gasteiger charge is 2.08. The Kier molecular flexibility index (Phi) is 2.92. The topological polar surface area (TPSA) is 82.0 Å². The Balaban J connectivity index is 3.04. The van der Waals surface area contributed by atoms with Crippen LogP contribution in [0.15, 0.2) is 18.3 Å². The lowest BCUT2D eigenvalue weighted by molar-refractivity contribution is 0.0999. The molecule has 1 rings (SSSR count). The molecule has 0 bridgehead atoms. The molecule has 0 radical (unpaired) electrons. The second-order valence-corrected chi connectivity index (χ2v) is 3.03. The third-order valence-electron chi connectivity index (χ3n) is 1.50. The molecule has 4 N–H and O–H groups in total. The van der Waals surface area contributed by atoms with Crippen LogP contribution in [-0.2, 0) is 6.42 Å². The molecule has 1 aromatic rings. The fraction of sp³-hybridized carbons (Fsp3) is 0.125. The number of aromatic nitrogens is 1. The van der Waals surface area contributed by atoms with Gasteiger partial charge in [0, 0.05) is 12.6 Å². The molecule has 1 amide bonds. The smallest absolute Gasteiger partial charge is 0.250 e. The summed E-state index contributed by atoms with van der Waals surface area (Å²) >= 11 is 4.71. The molecular weight excluding hydrogens is 186 g/mol. The number of pyridine rings is 1. The summed E-state index contributed by atoms with van der Waals surface area (Å²) in [6.45, 7) is 0. The minimum absolute atomic E-state index is 0.293. The van der Waals surface area contributed by atoms with Gasteiger partial charge < -0.3 is 11.5 Å². The molecule has 0 aromatic carbocycles. The Morgan fingerprint density at radius 1 is 1.54 bits per heavy atom. The van der Waals surface area contributed by atoms with Crippen molar-refractivity contribution in [3.8, 4) is 0 Å². The van der Waals surface area contributed by atoms with Gasteiger partial charge in [-0.15, -0.1) is 0 Å². The molecule has 0 unspecified atom stereocenters. The van der Waals surface area contributed by atoms with Gasteiger partial charge in [-0.1, -0.05) is 12.2 Å². The number of rotatable bonds is 3. The molecule has 0 aliphatic carbocycles. The van der Waals surface area contributed by atoms with Crippen molar-refractivity contribution in [2.45, 2.75) is 6.42 Å². The van der Waals surface area contributed by atoms with Crippen LogP contribution in [0.25, 0.3) is 0 Å². The number of thiocarbonyl (C=S) groups is 1. The van der Waals surface area contributed by atoms with E-state index >= 15 is 0 Å². The summed E-state index contributed by atoms with van der Waals surface area (Å²) in [5.74, 6) is -0.514. The molecular formula is C8H9N3OS. The van der Waals surface area contributed by atoms with E-state index in [2.05, 4.69) is 4.98 Å². The van der Waals surface area contributed by atoms with Crippen LogP contribution >= 0.6 is 12.2 Å². The molecule has 0 atom stereocenters. The normalized spacial score (nSPS) is 9.54. The van der Waals surface area contributed by atoms with Crippen LogP contribution in [0.1, 0.15) is 16.1 Å². The Labute approximate surface area is 80.9 Å². The molecule has 0 spiro atoms. The van der Waals surface area contributed by atoms with Gasteiger partial charge in [-0.25, -0.2) is 0 Å². The van der Waals surface area contributed by atoms with Crippen LogP contribution in [0, 0.1) is 0 Å². The number of carbonyl (C=O) groups is 1. The van der Waals surface area contributed by atoms with E-state index in [1.165, 1.54) is 0 Å². The van der Waals surface area contributed by atoms with Gasteiger partial charge >= 0.3 is 0 Å². The molecule has 68 valence electrons. The number of primary amides is 1. The van der Waals surface area contributed by atoms with Crippen molar-refractivity contribution in [1.82, 2.24) is 4.98 Å². The predicted octanol–water partition coefficient (Wildman–Crippen LogP) is 0.00910. The number of nitrogens with zero attached hydrogens (tertiary/aromatic N) is 1. The van der Waals surface area contributed by atoms with E-state index in [4.69, 9.17) is 23.7 Å². The van der Waals surface area contributed by atoms with E-state index in [0.29, 0.717) is 22.7 Å². The molecule has 0 fully saturated rings. The fourth-order valence-electron chi connectivity index (χ4n) is 0.968. The Morgan fingerprint density at radius 2 is 2.23 bits per heavy atom. The molecule has 0 aliphatic heterocycles. The van der Waals surface area contributed by atoms with Gasteiger partial charge in [-0.3, -0.25) is 9.78 Å². The van der Waals surface area contributed by atoms with Crippen LogP contribution in [0.3, 0.4) is 0 Å². The number of amides is 1. The lowest BCUT2D eigenvalue weighted by Gasteiger charge is -2.02. The zero-order chi connectivity index (χ0) is 9.84. The second-order valence-electron chi connectivity index (χ2n) is 2.50. The van der Waals surface area contributed by atoms with Gasteiger partial charge in [0.2, 0.25) is 0 Å². The summed E-state index contributed by atoms with van der Waals surface area (Å²) in [4.78, 5) is 15.2. The number of nitrogens with two attached hydrogens (primary N) is 2. The van der Waals surface area contributed by atoms with E-state index in [1.807, 2.05) is 0 Å². The first-order chi connectivity index (χ1) is 6.11. The Morgan fingerprint density at radius 3 is 2.77 bits per heavy atom. The summed E-state index contributed by atoms with van der Waals surface area (Å²) in [7, 11) is 0. The first kappa shape index (κ1) is 9.60. The first-order valence-electron chi connectivity index (χ1n) is 3.63. The third-order valence-corrected chi connectivity index (χ3v) is 1.64. The van der Waals surface area contributed by atoms with Crippen LogP contribution in [0.4, 0.5) is 0 Å². The van der Waals surface area contributed by atoms with Gasteiger partial charge in [-0.2, -0.15) is 0 Å². The van der Waals surface area contributed by atoms with Crippen LogP contribution < -0.4 is 11.5 Å². The summed E-state index contributed by atoms with van der Waals surface area (Å²) in [6, 6.07) is 3.24. The first-order valence-corrected chi connectivity index (χ1v) is 4.04. The van der Waals surface area contributed by atoms with Crippen molar-refractivity contribution in [2.24, 2.45) is 11.5 Å². The SMILES string of the molecule is NC(=O)c1cccnc1CC(N)=S. The largest absolute Gasteiger partial charge is 0.393 e. The van der Waals surface area contributed by atoms with Gasteiger partial charge in [0.1, 0.15) is 0 Å². The Hall–Kier alpha value is -1.49. The van der Waals surface area contributed by atoms with Crippen molar-refractivity contribution in [2.75, 3.05) is 0 Å². The minimum atomic E-state index is -0.514. The number of carbonyl (C=O) groups excluding carboxylic acids is 1. The fourth-order valence-corrected chi connectivity index (χ4v) is 1.10. The molecule has 0 saturated heterocycles. The van der Waals surface area contributed by atoms with Crippen molar-refractivity contribution in [3.63, 3.8) is 0 Å². The van der Waals surface area contributed by atoms with E-state index in [1.54, 1.807) is 18.3 Å². The number of hydrogen-bond donors (Lipinski definition) is 2. The van der Waals surface area contributed by atoms with Gasteiger partial charge in [-0.05, 0) is 12.1 Å². The highest BCUT2D eigenvalue weighted by molar-refractivity contribution is 7.80. The summed E-state index contributed by atoms with van der Waals surface area (Å²) in [5.41, 5.74) is 11.4. The summed E-state index contributed by atoms with van der Waals surface area (Å²) in [5, 5.41) is 0. The highest BCUT2D eigenvalue weighted by Crippen LogP contribution is 2.04. The maximum Gasteiger partial charge on any atom is 0.250 e. The van der Waals surface area contributed by atoms with E-state index < -0.39 is 5.91 Å².